The Morgan fingerprint density at radius 3 is 2.24 bits per heavy atom. The van der Waals surface area contributed by atoms with Crippen molar-refractivity contribution in [3.05, 3.63) is 0 Å². The number of hydrogen-bond acceptors (Lipinski definition) is 3. The maximum atomic E-state index is 12.6. The Bertz CT molecular complexity index is 379. The van der Waals surface area contributed by atoms with Crippen LogP contribution in [0.3, 0.4) is 0 Å². The Kier molecular flexibility index (Phi) is 5.48. The van der Waals surface area contributed by atoms with Gasteiger partial charge < -0.3 is 16.3 Å². The molecule has 0 spiro atoms. The van der Waals surface area contributed by atoms with Gasteiger partial charge in [0.25, 0.3) is 0 Å². The van der Waals surface area contributed by atoms with Crippen molar-refractivity contribution in [3.8, 4) is 0 Å². The van der Waals surface area contributed by atoms with Gasteiger partial charge in [-0.15, -0.1) is 0 Å². The Labute approximate surface area is 127 Å². The summed E-state index contributed by atoms with van der Waals surface area (Å²) < 4.78 is 0. The molecule has 0 unspecified atom stereocenters. The van der Waals surface area contributed by atoms with Crippen LogP contribution in [-0.4, -0.2) is 22.5 Å². The summed E-state index contributed by atoms with van der Waals surface area (Å²) in [6, 6.07) is 0. The van der Waals surface area contributed by atoms with Gasteiger partial charge in [0.15, 0.2) is 5.84 Å². The average Bonchev–Trinajstić information content (AvgIpc) is 2.73. The maximum absolute atomic E-state index is 12.6. The number of amides is 1. The molecule has 0 saturated heterocycles. The number of carbonyl (C=O) groups excluding carboxylic acids is 1. The van der Waals surface area contributed by atoms with Crippen molar-refractivity contribution in [3.63, 3.8) is 0 Å². The van der Waals surface area contributed by atoms with Gasteiger partial charge in [0.05, 0.1) is 0 Å². The molecule has 0 bridgehead atoms. The van der Waals surface area contributed by atoms with Crippen LogP contribution in [0.2, 0.25) is 0 Å². The van der Waals surface area contributed by atoms with Crippen LogP contribution in [0, 0.1) is 11.8 Å². The molecule has 0 aromatic carbocycles. The predicted octanol–water partition coefficient (Wildman–Crippen LogP) is 2.77. The maximum Gasteiger partial charge on any atom is 0.223 e. The van der Waals surface area contributed by atoms with Crippen LogP contribution in [0.25, 0.3) is 0 Å². The van der Waals surface area contributed by atoms with Gasteiger partial charge in [-0.25, -0.2) is 0 Å². The molecular weight excluding hydrogens is 266 g/mol. The fourth-order valence-corrected chi connectivity index (χ4v) is 3.73. The molecule has 2 aliphatic carbocycles. The fraction of sp³-hybridized carbons (Fsp3) is 0.875. The number of carbonyl (C=O) groups is 1. The number of oxime groups is 1. The molecule has 5 nitrogen and oxygen atoms in total. The monoisotopic (exact) mass is 295 g/mol. The van der Waals surface area contributed by atoms with Gasteiger partial charge in [-0.3, -0.25) is 4.79 Å². The lowest BCUT2D eigenvalue weighted by molar-refractivity contribution is -0.127. The zero-order valence-corrected chi connectivity index (χ0v) is 13.1. The van der Waals surface area contributed by atoms with E-state index in [1.165, 1.54) is 0 Å². The van der Waals surface area contributed by atoms with Crippen molar-refractivity contribution >= 4 is 11.7 Å². The van der Waals surface area contributed by atoms with Crippen molar-refractivity contribution in [1.82, 2.24) is 5.32 Å². The molecule has 0 heterocycles. The second-order valence-electron chi connectivity index (χ2n) is 6.93. The van der Waals surface area contributed by atoms with Crippen molar-refractivity contribution in [2.75, 3.05) is 0 Å². The minimum atomic E-state index is -0.634. The summed E-state index contributed by atoms with van der Waals surface area (Å²) in [7, 11) is 0. The first kappa shape index (κ1) is 16.1. The molecule has 2 rings (SSSR count). The lowest BCUT2D eigenvalue weighted by Crippen LogP contribution is -2.58. The SMILES string of the molecule is CC1CCC(C(=O)NC2(C(N)=NO)CCCCCC2)CC1. The topological polar surface area (TPSA) is 87.7 Å². The minimum absolute atomic E-state index is 0.0906. The first-order valence-corrected chi connectivity index (χ1v) is 8.37. The van der Waals surface area contributed by atoms with E-state index >= 15 is 0 Å². The highest BCUT2D eigenvalue weighted by atomic mass is 16.4. The van der Waals surface area contributed by atoms with Crippen LogP contribution < -0.4 is 11.1 Å². The highest BCUT2D eigenvalue weighted by molar-refractivity contribution is 5.94. The number of rotatable bonds is 3. The van der Waals surface area contributed by atoms with E-state index in [2.05, 4.69) is 17.4 Å². The smallest absolute Gasteiger partial charge is 0.223 e. The molecule has 4 N–H and O–H groups in total. The molecule has 5 heteroatoms. The lowest BCUT2D eigenvalue weighted by atomic mass is 9.81. The highest BCUT2D eigenvalue weighted by Crippen LogP contribution is 2.31. The van der Waals surface area contributed by atoms with E-state index in [0.29, 0.717) is 0 Å². The number of amidine groups is 1. The van der Waals surface area contributed by atoms with E-state index in [1.54, 1.807) is 0 Å². The largest absolute Gasteiger partial charge is 0.409 e. The van der Waals surface area contributed by atoms with Gasteiger partial charge in [0.2, 0.25) is 5.91 Å². The van der Waals surface area contributed by atoms with Gasteiger partial charge in [-0.05, 0) is 44.4 Å². The van der Waals surface area contributed by atoms with Gasteiger partial charge in [0.1, 0.15) is 5.54 Å². The van der Waals surface area contributed by atoms with E-state index in [1.807, 2.05) is 0 Å². The quantitative estimate of drug-likeness (QED) is 0.246. The van der Waals surface area contributed by atoms with Crippen LogP contribution >= 0.6 is 0 Å². The average molecular weight is 295 g/mol. The molecule has 1 amide bonds. The van der Waals surface area contributed by atoms with E-state index in [-0.39, 0.29) is 17.7 Å². The molecule has 0 aromatic heterocycles. The molecular formula is C16H29N3O2. The normalized spacial score (nSPS) is 30.4. The second kappa shape index (κ2) is 7.14. The number of nitrogens with one attached hydrogen (secondary N) is 1. The standard InChI is InChI=1S/C16H29N3O2/c1-12-6-8-13(9-7-12)14(20)18-16(15(17)19-21)10-4-2-3-5-11-16/h12-13,21H,2-11H2,1H3,(H2,17,19)(H,18,20). The van der Waals surface area contributed by atoms with Crippen molar-refractivity contribution in [2.45, 2.75) is 76.7 Å². The summed E-state index contributed by atoms with van der Waals surface area (Å²) in [4.78, 5) is 12.6. The van der Waals surface area contributed by atoms with E-state index < -0.39 is 5.54 Å². The van der Waals surface area contributed by atoms with E-state index in [4.69, 9.17) is 10.9 Å². The minimum Gasteiger partial charge on any atom is -0.409 e. The number of nitrogens with two attached hydrogens (primary N) is 1. The zero-order chi connectivity index (χ0) is 15.3. The molecule has 120 valence electrons. The van der Waals surface area contributed by atoms with Gasteiger partial charge in [0, 0.05) is 5.92 Å². The summed E-state index contributed by atoms with van der Waals surface area (Å²) in [5.74, 6) is 1.08. The Morgan fingerprint density at radius 2 is 1.71 bits per heavy atom. The van der Waals surface area contributed by atoms with Crippen LogP contribution in [0.15, 0.2) is 5.16 Å². The number of nitrogens with zero attached hydrogens (tertiary/aromatic N) is 1. The van der Waals surface area contributed by atoms with Crippen molar-refractivity contribution < 1.29 is 10.0 Å². The lowest BCUT2D eigenvalue weighted by Gasteiger charge is -2.35. The van der Waals surface area contributed by atoms with Gasteiger partial charge in [-0.1, -0.05) is 37.8 Å². The second-order valence-corrected chi connectivity index (χ2v) is 6.93. The van der Waals surface area contributed by atoms with Gasteiger partial charge in [-0.2, -0.15) is 0 Å². The predicted molar refractivity (Wildman–Crippen MR) is 83.1 cm³/mol. The molecule has 2 saturated carbocycles. The third kappa shape index (κ3) is 3.89. The van der Waals surface area contributed by atoms with Crippen molar-refractivity contribution in [1.29, 1.82) is 0 Å². The van der Waals surface area contributed by atoms with E-state index in [0.717, 1.165) is 70.1 Å². The third-order valence-electron chi connectivity index (χ3n) is 5.30. The molecule has 0 atom stereocenters. The van der Waals surface area contributed by atoms with Crippen LogP contribution in [0.5, 0.6) is 0 Å². The van der Waals surface area contributed by atoms with Crippen molar-refractivity contribution in [2.24, 2.45) is 22.7 Å². The summed E-state index contributed by atoms with van der Waals surface area (Å²) in [5, 5.41) is 15.5. The molecule has 0 radical (unpaired) electrons. The Balaban J connectivity index is 2.06. The van der Waals surface area contributed by atoms with Crippen LogP contribution in [-0.2, 0) is 4.79 Å². The molecule has 2 aliphatic rings. The third-order valence-corrected chi connectivity index (χ3v) is 5.30. The van der Waals surface area contributed by atoms with Crippen LogP contribution in [0.1, 0.15) is 71.1 Å². The highest BCUT2D eigenvalue weighted by Gasteiger charge is 2.39. The first-order chi connectivity index (χ1) is 10.1. The Hall–Kier alpha value is -1.26. The van der Waals surface area contributed by atoms with Gasteiger partial charge >= 0.3 is 0 Å². The molecule has 0 aliphatic heterocycles. The first-order valence-electron chi connectivity index (χ1n) is 8.37. The van der Waals surface area contributed by atoms with Crippen LogP contribution in [0.4, 0.5) is 0 Å². The number of hydrogen-bond donors (Lipinski definition) is 3. The summed E-state index contributed by atoms with van der Waals surface area (Å²) in [5.41, 5.74) is 5.30. The fourth-order valence-electron chi connectivity index (χ4n) is 3.73. The summed E-state index contributed by atoms with van der Waals surface area (Å²) in [6.07, 6.45) is 10.0. The molecule has 0 aromatic rings. The Morgan fingerprint density at radius 1 is 1.14 bits per heavy atom. The zero-order valence-electron chi connectivity index (χ0n) is 13.1. The summed E-state index contributed by atoms with van der Waals surface area (Å²) in [6.45, 7) is 2.25. The summed E-state index contributed by atoms with van der Waals surface area (Å²) >= 11 is 0. The molecule has 2 fully saturated rings. The van der Waals surface area contributed by atoms with E-state index in [9.17, 15) is 4.79 Å². The molecule has 21 heavy (non-hydrogen) atoms.